The number of hydrogen-bond donors (Lipinski definition) is 1. The van der Waals surface area contributed by atoms with E-state index in [9.17, 15) is 0 Å². The van der Waals surface area contributed by atoms with Crippen LogP contribution in [-0.2, 0) is 9.47 Å². The first-order chi connectivity index (χ1) is 9.22. The molecule has 1 aliphatic rings. The monoisotopic (exact) mass is 268 g/mol. The maximum absolute atomic E-state index is 8.77. The zero-order valence-corrected chi connectivity index (χ0v) is 12.4. The van der Waals surface area contributed by atoms with Crippen molar-refractivity contribution < 1.29 is 14.6 Å². The van der Waals surface area contributed by atoms with Crippen LogP contribution in [0, 0.1) is 0 Å². The average molecular weight is 268 g/mol. The van der Waals surface area contributed by atoms with Crippen molar-refractivity contribution in [3.05, 3.63) is 23.3 Å². The fraction of sp³-hybridized carbons (Fsp3) is 0.750. The standard InChI is InChI=1S/C16H28O3/c1-14(9-11-17)6-5-7-15(2)10-13-19-16-8-3-4-12-18-16/h9-10,16-17H,3-8,11-13H2,1-2H3/b14-9+,15-10+. The van der Waals surface area contributed by atoms with Crippen LogP contribution < -0.4 is 0 Å². The van der Waals surface area contributed by atoms with Crippen LogP contribution in [0.4, 0.5) is 0 Å². The van der Waals surface area contributed by atoms with E-state index in [2.05, 4.69) is 19.9 Å². The number of rotatable bonds is 8. The van der Waals surface area contributed by atoms with Crippen LogP contribution in [0.15, 0.2) is 23.3 Å². The van der Waals surface area contributed by atoms with Gasteiger partial charge in [-0.2, -0.15) is 0 Å². The third kappa shape index (κ3) is 8.19. The molecule has 0 saturated carbocycles. The van der Waals surface area contributed by atoms with Gasteiger partial charge in [0, 0.05) is 6.61 Å². The first-order valence-corrected chi connectivity index (χ1v) is 7.37. The molecular weight excluding hydrogens is 240 g/mol. The summed E-state index contributed by atoms with van der Waals surface area (Å²) in [6.07, 6.45) is 10.7. The third-order valence-corrected chi connectivity index (χ3v) is 3.43. The number of hydrogen-bond acceptors (Lipinski definition) is 3. The van der Waals surface area contributed by atoms with Crippen LogP contribution in [0.25, 0.3) is 0 Å². The molecule has 1 fully saturated rings. The molecule has 19 heavy (non-hydrogen) atoms. The summed E-state index contributed by atoms with van der Waals surface area (Å²) in [5.41, 5.74) is 2.63. The van der Waals surface area contributed by atoms with Crippen molar-refractivity contribution >= 4 is 0 Å². The number of ether oxygens (including phenoxy) is 2. The maximum atomic E-state index is 8.77. The molecule has 0 aliphatic carbocycles. The van der Waals surface area contributed by atoms with Gasteiger partial charge in [-0.15, -0.1) is 0 Å². The summed E-state index contributed by atoms with van der Waals surface area (Å²) in [6.45, 7) is 5.86. The molecule has 0 radical (unpaired) electrons. The number of aliphatic hydroxyl groups is 1. The van der Waals surface area contributed by atoms with Crippen molar-refractivity contribution in [1.29, 1.82) is 0 Å². The van der Waals surface area contributed by atoms with E-state index in [4.69, 9.17) is 14.6 Å². The third-order valence-electron chi connectivity index (χ3n) is 3.43. The molecule has 1 N–H and O–H groups in total. The lowest BCUT2D eigenvalue weighted by atomic mass is 10.1. The predicted octanol–water partition coefficient (Wildman–Crippen LogP) is 3.58. The van der Waals surface area contributed by atoms with E-state index in [0.717, 1.165) is 38.7 Å². The van der Waals surface area contributed by atoms with E-state index in [1.807, 2.05) is 6.08 Å². The van der Waals surface area contributed by atoms with Crippen LogP contribution in [0.5, 0.6) is 0 Å². The van der Waals surface area contributed by atoms with Gasteiger partial charge in [-0.05, 0) is 52.4 Å². The van der Waals surface area contributed by atoms with Crippen molar-refractivity contribution in [3.63, 3.8) is 0 Å². The van der Waals surface area contributed by atoms with E-state index in [0.29, 0.717) is 6.61 Å². The van der Waals surface area contributed by atoms with E-state index in [1.165, 1.54) is 17.6 Å². The Hall–Kier alpha value is -0.640. The second-order valence-corrected chi connectivity index (χ2v) is 5.27. The van der Waals surface area contributed by atoms with Gasteiger partial charge in [0.15, 0.2) is 6.29 Å². The molecule has 1 aliphatic heterocycles. The SMILES string of the molecule is C/C(=C\CO)CCC/C(C)=C/COC1CCCCO1. The molecule has 0 aromatic heterocycles. The Morgan fingerprint density at radius 1 is 1.21 bits per heavy atom. The Bertz CT molecular complexity index is 288. The van der Waals surface area contributed by atoms with E-state index in [1.54, 1.807) is 0 Å². The van der Waals surface area contributed by atoms with Crippen LogP contribution in [-0.4, -0.2) is 31.2 Å². The van der Waals surface area contributed by atoms with E-state index >= 15 is 0 Å². The molecule has 1 rings (SSSR count). The molecule has 3 nitrogen and oxygen atoms in total. The van der Waals surface area contributed by atoms with Crippen molar-refractivity contribution in [1.82, 2.24) is 0 Å². The summed E-state index contributed by atoms with van der Waals surface area (Å²) in [4.78, 5) is 0. The van der Waals surface area contributed by atoms with Gasteiger partial charge in [0.2, 0.25) is 0 Å². The lowest BCUT2D eigenvalue weighted by Gasteiger charge is -2.22. The largest absolute Gasteiger partial charge is 0.392 e. The highest BCUT2D eigenvalue weighted by atomic mass is 16.7. The normalized spacial score (nSPS) is 21.7. The summed E-state index contributed by atoms with van der Waals surface area (Å²) in [6, 6.07) is 0. The highest BCUT2D eigenvalue weighted by molar-refractivity contribution is 5.01. The van der Waals surface area contributed by atoms with Crippen LogP contribution in [0.1, 0.15) is 52.4 Å². The van der Waals surface area contributed by atoms with Crippen molar-refractivity contribution in [2.75, 3.05) is 19.8 Å². The molecule has 0 aromatic carbocycles. The van der Waals surface area contributed by atoms with Gasteiger partial charge in [-0.1, -0.05) is 23.3 Å². The lowest BCUT2D eigenvalue weighted by molar-refractivity contribution is -0.155. The Balaban J connectivity index is 2.09. The van der Waals surface area contributed by atoms with Gasteiger partial charge in [0.1, 0.15) is 0 Å². The quantitative estimate of drug-likeness (QED) is 0.684. The summed E-state index contributed by atoms with van der Waals surface area (Å²) >= 11 is 0. The van der Waals surface area contributed by atoms with E-state index in [-0.39, 0.29) is 12.9 Å². The fourth-order valence-electron chi connectivity index (χ4n) is 2.15. The highest BCUT2D eigenvalue weighted by Crippen LogP contribution is 2.15. The molecule has 0 spiro atoms. The molecule has 1 saturated heterocycles. The molecule has 3 heteroatoms. The first kappa shape index (κ1) is 16.4. The summed E-state index contributed by atoms with van der Waals surface area (Å²) in [5, 5.41) is 8.77. The van der Waals surface area contributed by atoms with Crippen LogP contribution in [0.2, 0.25) is 0 Å². The zero-order chi connectivity index (χ0) is 13.9. The summed E-state index contributed by atoms with van der Waals surface area (Å²) < 4.78 is 11.2. The van der Waals surface area contributed by atoms with Gasteiger partial charge < -0.3 is 14.6 Å². The van der Waals surface area contributed by atoms with Crippen molar-refractivity contribution in [2.45, 2.75) is 58.7 Å². The summed E-state index contributed by atoms with van der Waals surface area (Å²) in [7, 11) is 0. The fourth-order valence-corrected chi connectivity index (χ4v) is 2.15. The number of aliphatic hydroxyl groups excluding tert-OH is 1. The second-order valence-electron chi connectivity index (χ2n) is 5.27. The van der Waals surface area contributed by atoms with Crippen molar-refractivity contribution in [2.24, 2.45) is 0 Å². The van der Waals surface area contributed by atoms with Gasteiger partial charge in [-0.25, -0.2) is 0 Å². The van der Waals surface area contributed by atoms with Crippen LogP contribution in [0.3, 0.4) is 0 Å². The Labute approximate surface area is 117 Å². The molecule has 0 aromatic rings. The first-order valence-electron chi connectivity index (χ1n) is 7.37. The summed E-state index contributed by atoms with van der Waals surface area (Å²) in [5.74, 6) is 0. The van der Waals surface area contributed by atoms with Crippen molar-refractivity contribution in [3.8, 4) is 0 Å². The lowest BCUT2D eigenvalue weighted by Crippen LogP contribution is -2.22. The zero-order valence-electron chi connectivity index (χ0n) is 12.4. The molecule has 1 heterocycles. The highest BCUT2D eigenvalue weighted by Gasteiger charge is 2.12. The molecule has 0 bridgehead atoms. The van der Waals surface area contributed by atoms with E-state index < -0.39 is 0 Å². The molecule has 0 amide bonds. The molecule has 110 valence electrons. The second kappa shape index (κ2) is 10.2. The smallest absolute Gasteiger partial charge is 0.157 e. The van der Waals surface area contributed by atoms with Gasteiger partial charge in [0.25, 0.3) is 0 Å². The maximum Gasteiger partial charge on any atom is 0.157 e. The van der Waals surface area contributed by atoms with Gasteiger partial charge >= 0.3 is 0 Å². The minimum atomic E-state index is 0.00697. The minimum absolute atomic E-state index is 0.00697. The minimum Gasteiger partial charge on any atom is -0.392 e. The predicted molar refractivity (Wildman–Crippen MR) is 78.0 cm³/mol. The molecular formula is C16H28O3. The van der Waals surface area contributed by atoms with Gasteiger partial charge in [0.05, 0.1) is 13.2 Å². The number of allylic oxidation sites excluding steroid dienone is 2. The topological polar surface area (TPSA) is 38.7 Å². The van der Waals surface area contributed by atoms with Crippen LogP contribution >= 0.6 is 0 Å². The average Bonchev–Trinajstić information content (AvgIpc) is 2.40. The molecule has 1 unspecified atom stereocenters. The Morgan fingerprint density at radius 2 is 1.95 bits per heavy atom. The van der Waals surface area contributed by atoms with Gasteiger partial charge in [-0.3, -0.25) is 0 Å². The molecule has 1 atom stereocenters. The Kier molecular flexibility index (Phi) is 8.80. The Morgan fingerprint density at radius 3 is 2.58 bits per heavy atom.